The first kappa shape index (κ1) is 14.9. The summed E-state index contributed by atoms with van der Waals surface area (Å²) < 4.78 is 0. The molecule has 2 unspecified atom stereocenters. The van der Waals surface area contributed by atoms with E-state index in [1.165, 1.54) is 37.7 Å². The highest BCUT2D eigenvalue weighted by Crippen LogP contribution is 2.49. The van der Waals surface area contributed by atoms with Gasteiger partial charge in [-0.05, 0) is 80.6 Å². The van der Waals surface area contributed by atoms with Crippen LogP contribution in [0.1, 0.15) is 67.2 Å². The number of hydrogen-bond acceptors (Lipinski definition) is 3. The number of hydrogen-bond donors (Lipinski definition) is 2. The van der Waals surface area contributed by atoms with Gasteiger partial charge in [0.1, 0.15) is 5.54 Å². The molecule has 0 radical (unpaired) electrons. The molecular formula is C20H27N3O. The van der Waals surface area contributed by atoms with E-state index in [1.807, 2.05) is 0 Å². The van der Waals surface area contributed by atoms with E-state index in [0.717, 1.165) is 38.5 Å². The molecule has 0 bridgehead atoms. The van der Waals surface area contributed by atoms with Crippen LogP contribution in [0.5, 0.6) is 0 Å². The maximum Gasteiger partial charge on any atom is 0.241 e. The summed E-state index contributed by atoms with van der Waals surface area (Å²) in [6.07, 6.45) is 8.29. The molecule has 1 aromatic rings. The van der Waals surface area contributed by atoms with E-state index >= 15 is 0 Å². The molecule has 2 aliphatic heterocycles. The summed E-state index contributed by atoms with van der Waals surface area (Å²) in [5.41, 5.74) is 4.47. The SMILES string of the molecule is O=C1NCN(C2CCC3CCCc4cccc2c43)C12CCNCC2. The Morgan fingerprint density at radius 3 is 2.88 bits per heavy atom. The number of rotatable bonds is 1. The van der Waals surface area contributed by atoms with Crippen molar-refractivity contribution in [3.05, 3.63) is 34.9 Å². The third kappa shape index (κ3) is 2.02. The Morgan fingerprint density at radius 1 is 1.12 bits per heavy atom. The van der Waals surface area contributed by atoms with Crippen LogP contribution in [0.3, 0.4) is 0 Å². The minimum atomic E-state index is -0.278. The lowest BCUT2D eigenvalue weighted by Crippen LogP contribution is -2.56. The first-order chi connectivity index (χ1) is 11.8. The maximum atomic E-state index is 12.7. The van der Waals surface area contributed by atoms with Gasteiger partial charge in [0.15, 0.2) is 0 Å². The van der Waals surface area contributed by atoms with Crippen molar-refractivity contribution in [3.63, 3.8) is 0 Å². The Balaban J connectivity index is 1.56. The molecule has 5 rings (SSSR count). The number of benzene rings is 1. The van der Waals surface area contributed by atoms with Crippen LogP contribution < -0.4 is 10.6 Å². The lowest BCUT2D eigenvalue weighted by Gasteiger charge is -2.46. The first-order valence-corrected chi connectivity index (χ1v) is 9.67. The van der Waals surface area contributed by atoms with Crippen molar-refractivity contribution in [2.24, 2.45) is 0 Å². The zero-order valence-electron chi connectivity index (χ0n) is 14.3. The normalized spacial score (nSPS) is 31.8. The number of piperidine rings is 1. The summed E-state index contributed by atoms with van der Waals surface area (Å²) in [7, 11) is 0. The zero-order valence-corrected chi connectivity index (χ0v) is 14.3. The van der Waals surface area contributed by atoms with Gasteiger partial charge in [0.05, 0.1) is 6.67 Å². The molecular weight excluding hydrogens is 298 g/mol. The van der Waals surface area contributed by atoms with Gasteiger partial charge in [-0.3, -0.25) is 9.69 Å². The predicted octanol–water partition coefficient (Wildman–Crippen LogP) is 2.45. The van der Waals surface area contributed by atoms with Crippen LogP contribution in [-0.2, 0) is 11.2 Å². The van der Waals surface area contributed by atoms with E-state index in [-0.39, 0.29) is 11.4 Å². The van der Waals surface area contributed by atoms with Gasteiger partial charge in [0.2, 0.25) is 5.91 Å². The van der Waals surface area contributed by atoms with Crippen molar-refractivity contribution in [2.45, 2.75) is 62.4 Å². The number of nitrogens with zero attached hydrogens (tertiary/aromatic N) is 1. The summed E-state index contributed by atoms with van der Waals surface area (Å²) in [4.78, 5) is 15.3. The monoisotopic (exact) mass is 325 g/mol. The molecule has 1 aromatic carbocycles. The van der Waals surface area contributed by atoms with E-state index in [1.54, 1.807) is 11.1 Å². The van der Waals surface area contributed by atoms with Crippen LogP contribution in [0.25, 0.3) is 0 Å². The van der Waals surface area contributed by atoms with Crippen molar-refractivity contribution in [1.82, 2.24) is 15.5 Å². The second-order valence-electron chi connectivity index (χ2n) is 8.02. The molecule has 2 aliphatic carbocycles. The largest absolute Gasteiger partial charge is 0.342 e. The molecule has 2 heterocycles. The molecule has 0 aromatic heterocycles. The topological polar surface area (TPSA) is 44.4 Å². The molecule has 1 amide bonds. The number of carbonyl (C=O) groups is 1. The van der Waals surface area contributed by atoms with Crippen LogP contribution in [0.4, 0.5) is 0 Å². The molecule has 128 valence electrons. The van der Waals surface area contributed by atoms with Gasteiger partial charge < -0.3 is 10.6 Å². The fourth-order valence-electron chi connectivity index (χ4n) is 5.82. The highest BCUT2D eigenvalue weighted by molar-refractivity contribution is 5.88. The summed E-state index contributed by atoms with van der Waals surface area (Å²) >= 11 is 0. The van der Waals surface area contributed by atoms with E-state index in [0.29, 0.717) is 6.04 Å². The Bertz CT molecular complexity index is 665. The highest BCUT2D eigenvalue weighted by atomic mass is 16.2. The summed E-state index contributed by atoms with van der Waals surface area (Å²) in [5.74, 6) is 1.02. The van der Waals surface area contributed by atoms with E-state index in [9.17, 15) is 4.79 Å². The van der Waals surface area contributed by atoms with Crippen molar-refractivity contribution < 1.29 is 4.79 Å². The number of amides is 1. The van der Waals surface area contributed by atoms with Crippen LogP contribution >= 0.6 is 0 Å². The fraction of sp³-hybridized carbons (Fsp3) is 0.650. The average Bonchev–Trinajstić information content (AvgIpc) is 2.93. The van der Waals surface area contributed by atoms with E-state index in [4.69, 9.17) is 0 Å². The molecule has 1 spiro atoms. The van der Waals surface area contributed by atoms with E-state index < -0.39 is 0 Å². The minimum Gasteiger partial charge on any atom is -0.342 e. The van der Waals surface area contributed by atoms with Gasteiger partial charge in [-0.1, -0.05) is 18.2 Å². The van der Waals surface area contributed by atoms with Crippen molar-refractivity contribution in [3.8, 4) is 0 Å². The van der Waals surface area contributed by atoms with Crippen molar-refractivity contribution in [2.75, 3.05) is 19.8 Å². The quantitative estimate of drug-likeness (QED) is 0.834. The third-order valence-corrected chi connectivity index (χ3v) is 6.97. The fourth-order valence-corrected chi connectivity index (χ4v) is 5.82. The molecule has 2 N–H and O–H groups in total. The Morgan fingerprint density at radius 2 is 2.00 bits per heavy atom. The van der Waals surface area contributed by atoms with Crippen molar-refractivity contribution >= 4 is 5.91 Å². The third-order valence-electron chi connectivity index (χ3n) is 6.97. The molecule has 0 saturated carbocycles. The number of aryl methyl sites for hydroxylation is 1. The van der Waals surface area contributed by atoms with Gasteiger partial charge in [-0.2, -0.15) is 0 Å². The van der Waals surface area contributed by atoms with Gasteiger partial charge in [0.25, 0.3) is 0 Å². The lowest BCUT2D eigenvalue weighted by atomic mass is 9.71. The molecule has 4 nitrogen and oxygen atoms in total. The van der Waals surface area contributed by atoms with Gasteiger partial charge in [-0.25, -0.2) is 0 Å². The molecule has 24 heavy (non-hydrogen) atoms. The molecule has 4 aliphatic rings. The summed E-state index contributed by atoms with van der Waals surface area (Å²) in [6, 6.07) is 7.33. The maximum absolute atomic E-state index is 12.7. The molecule has 2 saturated heterocycles. The zero-order chi connectivity index (χ0) is 16.1. The molecule has 2 fully saturated rings. The van der Waals surface area contributed by atoms with Gasteiger partial charge >= 0.3 is 0 Å². The van der Waals surface area contributed by atoms with Gasteiger partial charge in [0, 0.05) is 6.04 Å². The Kier molecular flexibility index (Phi) is 3.46. The van der Waals surface area contributed by atoms with Crippen LogP contribution in [0.2, 0.25) is 0 Å². The second-order valence-corrected chi connectivity index (χ2v) is 8.02. The molecule has 2 atom stereocenters. The standard InChI is InChI=1S/C20H27N3O/c24-19-20(9-11-21-12-10-20)23(13-22-19)17-8-7-15-4-1-3-14-5-2-6-16(17)18(14)15/h2,5-6,15,17,21H,1,3-4,7-13H2,(H,22,24). The van der Waals surface area contributed by atoms with E-state index in [2.05, 4.69) is 33.7 Å². The molecule has 4 heteroatoms. The first-order valence-electron chi connectivity index (χ1n) is 9.67. The van der Waals surface area contributed by atoms with Crippen molar-refractivity contribution in [1.29, 1.82) is 0 Å². The number of nitrogens with one attached hydrogen (secondary N) is 2. The second kappa shape index (κ2) is 5.57. The Labute approximate surface area is 144 Å². The predicted molar refractivity (Wildman–Crippen MR) is 93.8 cm³/mol. The van der Waals surface area contributed by atoms with Crippen LogP contribution in [0.15, 0.2) is 18.2 Å². The van der Waals surface area contributed by atoms with Crippen LogP contribution in [-0.4, -0.2) is 36.1 Å². The Hall–Kier alpha value is -1.39. The van der Waals surface area contributed by atoms with Crippen LogP contribution in [0, 0.1) is 0 Å². The minimum absolute atomic E-state index is 0.260. The highest BCUT2D eigenvalue weighted by Gasteiger charge is 2.52. The number of carbonyl (C=O) groups excluding carboxylic acids is 1. The average molecular weight is 325 g/mol. The lowest BCUT2D eigenvalue weighted by molar-refractivity contribution is -0.129. The summed E-state index contributed by atoms with van der Waals surface area (Å²) in [6.45, 7) is 2.62. The van der Waals surface area contributed by atoms with Gasteiger partial charge in [-0.15, -0.1) is 0 Å². The summed E-state index contributed by atoms with van der Waals surface area (Å²) in [5, 5.41) is 6.60. The smallest absolute Gasteiger partial charge is 0.241 e.